The highest BCUT2D eigenvalue weighted by atomic mass is 16.1. The van der Waals surface area contributed by atoms with Gasteiger partial charge in [-0.1, -0.05) is 60.7 Å². The van der Waals surface area contributed by atoms with Crippen LogP contribution in [0.15, 0.2) is 66.9 Å². The minimum absolute atomic E-state index is 0.0576. The van der Waals surface area contributed by atoms with Crippen LogP contribution in [0.3, 0.4) is 0 Å². The van der Waals surface area contributed by atoms with E-state index in [4.69, 9.17) is 4.98 Å². The van der Waals surface area contributed by atoms with Crippen LogP contribution in [-0.4, -0.2) is 26.5 Å². The van der Waals surface area contributed by atoms with Gasteiger partial charge in [0.1, 0.15) is 5.56 Å². The molecule has 2 aromatic carbocycles. The lowest BCUT2D eigenvalue weighted by molar-refractivity contribution is 0.0940. The monoisotopic (exact) mass is 412 g/mol. The topological polar surface area (TPSA) is 59.3 Å². The number of rotatable bonds is 7. The molecule has 0 bridgehead atoms. The number of carbonyl (C=O) groups is 1. The zero-order valence-corrected chi connectivity index (χ0v) is 18.3. The Balaban J connectivity index is 1.51. The van der Waals surface area contributed by atoms with Crippen molar-refractivity contribution in [2.45, 2.75) is 46.1 Å². The van der Waals surface area contributed by atoms with Gasteiger partial charge in [-0.3, -0.25) is 4.79 Å². The van der Waals surface area contributed by atoms with Gasteiger partial charge in [0.05, 0.1) is 6.20 Å². The molecular formula is C26H28N4O. The van der Waals surface area contributed by atoms with Crippen LogP contribution in [0.1, 0.15) is 51.8 Å². The second-order valence-electron chi connectivity index (χ2n) is 8.12. The fourth-order valence-electron chi connectivity index (χ4n) is 3.93. The van der Waals surface area contributed by atoms with Gasteiger partial charge in [0.15, 0.2) is 5.65 Å². The summed E-state index contributed by atoms with van der Waals surface area (Å²) in [6, 6.07) is 20.7. The number of aromatic nitrogens is 3. The van der Waals surface area contributed by atoms with Gasteiger partial charge < -0.3 is 5.32 Å². The number of amides is 1. The Labute approximate surface area is 183 Å². The minimum Gasteiger partial charge on any atom is -0.349 e. The van der Waals surface area contributed by atoms with Crippen molar-refractivity contribution < 1.29 is 4.79 Å². The van der Waals surface area contributed by atoms with Gasteiger partial charge in [0.25, 0.3) is 5.91 Å². The van der Waals surface area contributed by atoms with Crippen molar-refractivity contribution in [3.05, 3.63) is 101 Å². The maximum absolute atomic E-state index is 12.9. The van der Waals surface area contributed by atoms with Crippen LogP contribution in [0.25, 0.3) is 5.65 Å². The zero-order chi connectivity index (χ0) is 21.8. The van der Waals surface area contributed by atoms with E-state index in [2.05, 4.69) is 34.7 Å². The van der Waals surface area contributed by atoms with Gasteiger partial charge in [0.2, 0.25) is 0 Å². The molecule has 2 heterocycles. The van der Waals surface area contributed by atoms with Crippen LogP contribution in [-0.2, 0) is 12.8 Å². The molecule has 0 radical (unpaired) electrons. The van der Waals surface area contributed by atoms with Crippen LogP contribution >= 0.6 is 0 Å². The summed E-state index contributed by atoms with van der Waals surface area (Å²) in [7, 11) is 0. The fourth-order valence-corrected chi connectivity index (χ4v) is 3.93. The molecule has 0 fully saturated rings. The highest BCUT2D eigenvalue weighted by Crippen LogP contribution is 2.20. The number of fused-ring (bicyclic) bond motifs is 1. The highest BCUT2D eigenvalue weighted by Gasteiger charge is 2.19. The third-order valence-corrected chi connectivity index (χ3v) is 5.76. The van der Waals surface area contributed by atoms with E-state index in [1.54, 1.807) is 10.7 Å². The van der Waals surface area contributed by atoms with Gasteiger partial charge in [-0.05, 0) is 50.3 Å². The van der Waals surface area contributed by atoms with E-state index in [-0.39, 0.29) is 11.9 Å². The fraction of sp³-hybridized carbons (Fsp3) is 0.269. The van der Waals surface area contributed by atoms with E-state index in [0.29, 0.717) is 11.2 Å². The van der Waals surface area contributed by atoms with Gasteiger partial charge in [-0.25, -0.2) is 9.50 Å². The van der Waals surface area contributed by atoms with Gasteiger partial charge >= 0.3 is 0 Å². The molecule has 0 aliphatic rings. The first kappa shape index (κ1) is 20.8. The molecule has 158 valence electrons. The molecule has 0 aliphatic heterocycles. The van der Waals surface area contributed by atoms with Gasteiger partial charge in [-0.2, -0.15) is 5.10 Å². The molecule has 5 nitrogen and oxygen atoms in total. The number of aryl methyl sites for hydroxylation is 3. The van der Waals surface area contributed by atoms with E-state index in [9.17, 15) is 4.79 Å². The van der Waals surface area contributed by atoms with E-state index in [0.717, 1.165) is 36.2 Å². The molecule has 0 aliphatic carbocycles. The first-order chi connectivity index (χ1) is 15.0. The Hall–Kier alpha value is -3.47. The number of benzene rings is 2. The first-order valence-electron chi connectivity index (χ1n) is 10.8. The summed E-state index contributed by atoms with van der Waals surface area (Å²) < 4.78 is 1.79. The molecule has 0 saturated carbocycles. The van der Waals surface area contributed by atoms with Crippen LogP contribution in [0.5, 0.6) is 0 Å². The van der Waals surface area contributed by atoms with E-state index in [1.165, 1.54) is 11.1 Å². The van der Waals surface area contributed by atoms with Crippen molar-refractivity contribution in [1.82, 2.24) is 19.9 Å². The second-order valence-corrected chi connectivity index (χ2v) is 8.12. The number of hydrogen-bond acceptors (Lipinski definition) is 3. The Morgan fingerprint density at radius 2 is 1.65 bits per heavy atom. The molecule has 4 rings (SSSR count). The SMILES string of the molecule is Cc1nc2c(C(=O)N[C@@H](C)CCc3ccccc3)cnn2c(C)c1Cc1ccccc1. The Morgan fingerprint density at radius 3 is 2.32 bits per heavy atom. The molecule has 0 unspecified atom stereocenters. The van der Waals surface area contributed by atoms with Crippen molar-refractivity contribution in [2.24, 2.45) is 0 Å². The highest BCUT2D eigenvalue weighted by molar-refractivity contribution is 5.99. The van der Waals surface area contributed by atoms with Crippen molar-refractivity contribution in [3.8, 4) is 0 Å². The quantitative estimate of drug-likeness (QED) is 0.479. The number of hydrogen-bond donors (Lipinski definition) is 1. The van der Waals surface area contributed by atoms with Crippen molar-refractivity contribution in [2.75, 3.05) is 0 Å². The lowest BCUT2D eigenvalue weighted by Crippen LogP contribution is -2.33. The largest absolute Gasteiger partial charge is 0.349 e. The van der Waals surface area contributed by atoms with Gasteiger partial charge in [-0.15, -0.1) is 0 Å². The first-order valence-corrected chi connectivity index (χ1v) is 10.8. The van der Waals surface area contributed by atoms with E-state index < -0.39 is 0 Å². The number of nitrogens with zero attached hydrogens (tertiary/aromatic N) is 3. The minimum atomic E-state index is -0.127. The molecule has 2 aromatic heterocycles. The molecule has 0 saturated heterocycles. The average molecular weight is 413 g/mol. The normalized spacial score (nSPS) is 12.1. The Bertz CT molecular complexity index is 1180. The van der Waals surface area contributed by atoms with E-state index >= 15 is 0 Å². The number of nitrogens with one attached hydrogen (secondary N) is 1. The predicted octanol–water partition coefficient (Wildman–Crippen LogP) is 4.69. The Morgan fingerprint density at radius 1 is 1.00 bits per heavy atom. The van der Waals surface area contributed by atoms with Crippen LogP contribution < -0.4 is 5.32 Å². The molecule has 31 heavy (non-hydrogen) atoms. The van der Waals surface area contributed by atoms with Crippen LogP contribution in [0.4, 0.5) is 0 Å². The lowest BCUT2D eigenvalue weighted by Gasteiger charge is -2.14. The molecule has 1 amide bonds. The molecule has 0 spiro atoms. The molecule has 1 N–H and O–H groups in total. The summed E-state index contributed by atoms with van der Waals surface area (Å²) in [5, 5.41) is 7.58. The summed E-state index contributed by atoms with van der Waals surface area (Å²) in [6.45, 7) is 6.08. The average Bonchev–Trinajstić information content (AvgIpc) is 3.20. The van der Waals surface area contributed by atoms with Crippen LogP contribution in [0.2, 0.25) is 0 Å². The molecular weight excluding hydrogens is 384 g/mol. The third-order valence-electron chi connectivity index (χ3n) is 5.76. The van der Waals surface area contributed by atoms with Crippen molar-refractivity contribution >= 4 is 11.6 Å². The number of carbonyl (C=O) groups excluding carboxylic acids is 1. The van der Waals surface area contributed by atoms with Gasteiger partial charge in [0, 0.05) is 23.9 Å². The summed E-state index contributed by atoms with van der Waals surface area (Å²) >= 11 is 0. The second kappa shape index (κ2) is 9.13. The van der Waals surface area contributed by atoms with Crippen molar-refractivity contribution in [3.63, 3.8) is 0 Å². The van der Waals surface area contributed by atoms with E-state index in [1.807, 2.05) is 57.2 Å². The maximum Gasteiger partial charge on any atom is 0.256 e. The third kappa shape index (κ3) is 4.66. The summed E-state index contributed by atoms with van der Waals surface area (Å²) in [5.41, 5.74) is 6.72. The zero-order valence-electron chi connectivity index (χ0n) is 18.3. The molecule has 1 atom stereocenters. The smallest absolute Gasteiger partial charge is 0.256 e. The molecule has 4 aromatic rings. The summed E-state index contributed by atoms with van der Waals surface area (Å²) in [5.74, 6) is -0.127. The predicted molar refractivity (Wildman–Crippen MR) is 123 cm³/mol. The maximum atomic E-state index is 12.9. The van der Waals surface area contributed by atoms with Crippen molar-refractivity contribution in [1.29, 1.82) is 0 Å². The summed E-state index contributed by atoms with van der Waals surface area (Å²) in [4.78, 5) is 17.7. The standard InChI is InChI=1S/C26H28N4O/c1-18(14-15-21-10-6-4-7-11-21)28-26(31)24-17-27-30-20(3)23(19(2)29-25(24)30)16-22-12-8-5-9-13-22/h4-13,17-18H,14-16H2,1-3H3,(H,28,31)/t18-/m0/s1. The van der Waals surface area contributed by atoms with Crippen LogP contribution in [0, 0.1) is 13.8 Å². The summed E-state index contributed by atoms with van der Waals surface area (Å²) in [6.07, 6.45) is 4.22. The Kier molecular flexibility index (Phi) is 6.12. The lowest BCUT2D eigenvalue weighted by atomic mass is 10.0. The molecule has 5 heteroatoms.